The second-order valence-corrected chi connectivity index (χ2v) is 6.07. The number of furan rings is 1. The van der Waals surface area contributed by atoms with Crippen LogP contribution in [0.2, 0.25) is 0 Å². The molecule has 3 aromatic heterocycles. The lowest BCUT2D eigenvalue weighted by atomic mass is 10.0. The van der Waals surface area contributed by atoms with E-state index in [4.69, 9.17) is 10.2 Å². The number of hydrogen-bond donors (Lipinski definition) is 2. The third-order valence-corrected chi connectivity index (χ3v) is 4.32. The summed E-state index contributed by atoms with van der Waals surface area (Å²) in [4.78, 5) is 13.1. The Balaban J connectivity index is 0.00000182. The lowest BCUT2D eigenvalue weighted by molar-refractivity contribution is 0.110. The number of anilines is 1. The van der Waals surface area contributed by atoms with Crippen molar-refractivity contribution in [3.8, 4) is 23.4 Å². The summed E-state index contributed by atoms with van der Waals surface area (Å²) in [6, 6.07) is 3.62. The Morgan fingerprint density at radius 2 is 2.04 bits per heavy atom. The maximum atomic E-state index is 10.3. The highest BCUT2D eigenvalue weighted by Crippen LogP contribution is 2.29. The maximum Gasteiger partial charge on any atom is 0.209 e. The molecule has 0 aromatic carbocycles. The number of rotatable bonds is 1. The summed E-state index contributed by atoms with van der Waals surface area (Å²) in [5.74, 6) is 7.56. The van der Waals surface area contributed by atoms with Crippen LogP contribution < -0.4 is 5.73 Å². The number of aryl methyl sites for hydroxylation is 1. The molecule has 1 aliphatic rings. The van der Waals surface area contributed by atoms with Crippen LogP contribution in [-0.4, -0.2) is 30.2 Å². The van der Waals surface area contributed by atoms with E-state index in [1.54, 1.807) is 16.9 Å². The Kier molecular flexibility index (Phi) is 4.41. The first kappa shape index (κ1) is 17.3. The van der Waals surface area contributed by atoms with Gasteiger partial charge in [0, 0.05) is 7.05 Å². The summed E-state index contributed by atoms with van der Waals surface area (Å²) in [6.07, 6.45) is 4.93. The minimum atomic E-state index is -0.932. The van der Waals surface area contributed by atoms with E-state index in [9.17, 15) is 5.11 Å². The molecule has 3 heterocycles. The molecule has 0 unspecified atom stereocenters. The van der Waals surface area contributed by atoms with Crippen LogP contribution in [-0.2, 0) is 7.05 Å². The molecule has 3 N–H and O–H groups in total. The molecule has 0 amide bonds. The van der Waals surface area contributed by atoms with Crippen molar-refractivity contribution >= 4 is 29.4 Å². The Morgan fingerprint density at radius 1 is 1.28 bits per heavy atom. The number of nitrogen functional groups attached to an aromatic ring is 1. The number of hydrogen-bond acceptors (Lipinski definition) is 6. The van der Waals surface area contributed by atoms with Crippen LogP contribution in [0.4, 0.5) is 5.82 Å². The number of fused-ring (bicyclic) bond motifs is 1. The zero-order chi connectivity index (χ0) is 16.7. The van der Waals surface area contributed by atoms with Crippen molar-refractivity contribution in [2.24, 2.45) is 7.05 Å². The number of nitrogens with zero attached hydrogens (tertiary/aromatic N) is 4. The van der Waals surface area contributed by atoms with Gasteiger partial charge in [-0.1, -0.05) is 5.92 Å². The molecule has 25 heavy (non-hydrogen) atoms. The molecule has 0 saturated heterocycles. The number of aliphatic hydroxyl groups is 1. The van der Waals surface area contributed by atoms with Gasteiger partial charge in [-0.05, 0) is 43.7 Å². The minimum Gasteiger partial charge on any atom is -0.461 e. The van der Waals surface area contributed by atoms with Gasteiger partial charge in [0.1, 0.15) is 5.60 Å². The average molecular weight is 360 g/mol. The summed E-state index contributed by atoms with van der Waals surface area (Å²) < 4.78 is 7.19. The van der Waals surface area contributed by atoms with Crippen molar-refractivity contribution in [1.29, 1.82) is 0 Å². The number of nitrogens with two attached hydrogens (primary N) is 1. The Morgan fingerprint density at radius 3 is 2.72 bits per heavy atom. The van der Waals surface area contributed by atoms with Crippen LogP contribution in [0, 0.1) is 11.8 Å². The van der Waals surface area contributed by atoms with Crippen LogP contribution in [0.15, 0.2) is 22.8 Å². The van der Waals surface area contributed by atoms with Crippen LogP contribution >= 0.6 is 12.4 Å². The van der Waals surface area contributed by atoms with Gasteiger partial charge >= 0.3 is 0 Å². The fourth-order valence-corrected chi connectivity index (χ4v) is 3.02. The molecule has 4 rings (SSSR count). The molecule has 8 heteroatoms. The molecule has 0 atom stereocenters. The highest BCUT2D eigenvalue weighted by atomic mass is 35.5. The zero-order valence-electron chi connectivity index (χ0n) is 13.7. The number of imidazole rings is 1. The molecule has 1 saturated carbocycles. The first-order valence-electron chi connectivity index (χ1n) is 7.85. The fourth-order valence-electron chi connectivity index (χ4n) is 3.02. The van der Waals surface area contributed by atoms with Crippen molar-refractivity contribution < 1.29 is 9.52 Å². The van der Waals surface area contributed by atoms with Crippen LogP contribution in [0.5, 0.6) is 0 Å². The molecule has 0 spiro atoms. The maximum absolute atomic E-state index is 10.3. The SMILES string of the molecule is Cl.Cn1c(-c2ccco2)nc2c(N)nc(C#CC3(O)CCCC3)nc21. The summed E-state index contributed by atoms with van der Waals surface area (Å²) >= 11 is 0. The standard InChI is InChI=1S/C17H17N5O2.ClH/c1-22-15(11-5-4-10-24-11)21-13-14(18)19-12(20-16(13)22)6-9-17(23)7-2-3-8-17;/h4-5,10,23H,2-3,7-8H2,1H3,(H2,18,19,20);1H. The topological polar surface area (TPSA) is 103 Å². The predicted octanol–water partition coefficient (Wildman–Crippen LogP) is 2.28. The first-order valence-corrected chi connectivity index (χ1v) is 7.85. The van der Waals surface area contributed by atoms with Gasteiger partial charge < -0.3 is 19.8 Å². The first-order chi connectivity index (χ1) is 11.6. The molecule has 1 aliphatic carbocycles. The van der Waals surface area contributed by atoms with E-state index >= 15 is 0 Å². The van der Waals surface area contributed by atoms with Crippen molar-refractivity contribution in [2.75, 3.05) is 5.73 Å². The van der Waals surface area contributed by atoms with E-state index in [0.29, 0.717) is 35.6 Å². The summed E-state index contributed by atoms with van der Waals surface area (Å²) in [5, 5.41) is 10.3. The van der Waals surface area contributed by atoms with Crippen LogP contribution in [0.3, 0.4) is 0 Å². The van der Waals surface area contributed by atoms with E-state index in [1.807, 2.05) is 13.1 Å². The van der Waals surface area contributed by atoms with Gasteiger partial charge in [0.05, 0.1) is 6.26 Å². The van der Waals surface area contributed by atoms with E-state index in [2.05, 4.69) is 26.8 Å². The lowest BCUT2D eigenvalue weighted by Gasteiger charge is -2.12. The smallest absolute Gasteiger partial charge is 0.209 e. The second kappa shape index (κ2) is 6.39. The van der Waals surface area contributed by atoms with Gasteiger partial charge in [-0.3, -0.25) is 0 Å². The van der Waals surface area contributed by atoms with Crippen molar-refractivity contribution in [3.05, 3.63) is 24.2 Å². The molecule has 3 aromatic rings. The molecule has 0 aliphatic heterocycles. The largest absolute Gasteiger partial charge is 0.461 e. The van der Waals surface area contributed by atoms with Gasteiger partial charge in [-0.25, -0.2) is 15.0 Å². The molecule has 0 radical (unpaired) electrons. The highest BCUT2D eigenvalue weighted by molar-refractivity contribution is 5.85. The number of halogens is 1. The van der Waals surface area contributed by atoms with E-state index in [1.165, 1.54) is 0 Å². The van der Waals surface area contributed by atoms with Crippen molar-refractivity contribution in [1.82, 2.24) is 19.5 Å². The third kappa shape index (κ3) is 3.06. The molecule has 7 nitrogen and oxygen atoms in total. The van der Waals surface area contributed by atoms with Gasteiger partial charge in [0.25, 0.3) is 0 Å². The Bertz CT molecular complexity index is 962. The van der Waals surface area contributed by atoms with Crippen molar-refractivity contribution in [3.63, 3.8) is 0 Å². The predicted molar refractivity (Wildman–Crippen MR) is 96.0 cm³/mol. The molecule has 130 valence electrons. The van der Waals surface area contributed by atoms with E-state index in [-0.39, 0.29) is 24.0 Å². The van der Waals surface area contributed by atoms with Gasteiger partial charge in [-0.15, -0.1) is 12.4 Å². The summed E-state index contributed by atoms with van der Waals surface area (Å²) in [7, 11) is 1.83. The fraction of sp³-hybridized carbons (Fsp3) is 0.353. The molecular formula is C17H18ClN5O2. The normalized spacial score (nSPS) is 15.6. The molecule has 0 bridgehead atoms. The molecule has 1 fully saturated rings. The Labute approximate surface area is 150 Å². The lowest BCUT2D eigenvalue weighted by Crippen LogP contribution is -2.20. The average Bonchev–Trinajstić information content (AvgIpc) is 3.28. The molecular weight excluding hydrogens is 342 g/mol. The van der Waals surface area contributed by atoms with Gasteiger partial charge in [-0.2, -0.15) is 0 Å². The van der Waals surface area contributed by atoms with Crippen LogP contribution in [0.1, 0.15) is 31.5 Å². The van der Waals surface area contributed by atoms with E-state index < -0.39 is 5.60 Å². The van der Waals surface area contributed by atoms with E-state index in [0.717, 1.165) is 12.8 Å². The van der Waals surface area contributed by atoms with Crippen LogP contribution in [0.25, 0.3) is 22.7 Å². The second-order valence-electron chi connectivity index (χ2n) is 6.07. The number of aromatic nitrogens is 4. The van der Waals surface area contributed by atoms with Gasteiger partial charge in [0.2, 0.25) is 5.82 Å². The quantitative estimate of drug-likeness (QED) is 0.646. The summed E-state index contributed by atoms with van der Waals surface area (Å²) in [5.41, 5.74) is 6.18. The third-order valence-electron chi connectivity index (χ3n) is 4.32. The Hall–Kier alpha value is -2.56. The highest BCUT2D eigenvalue weighted by Gasteiger charge is 2.28. The monoisotopic (exact) mass is 359 g/mol. The summed E-state index contributed by atoms with van der Waals surface area (Å²) in [6.45, 7) is 0. The minimum absolute atomic E-state index is 0. The van der Waals surface area contributed by atoms with Gasteiger partial charge in [0.15, 0.2) is 28.6 Å². The van der Waals surface area contributed by atoms with Crippen molar-refractivity contribution in [2.45, 2.75) is 31.3 Å². The zero-order valence-corrected chi connectivity index (χ0v) is 14.5.